The maximum absolute atomic E-state index is 14.7. The molecule has 0 aliphatic heterocycles. The summed E-state index contributed by atoms with van der Waals surface area (Å²) in [7, 11) is 0. The molecule has 12 heteroatoms. The van der Waals surface area contributed by atoms with Gasteiger partial charge in [-0.3, -0.25) is 19.0 Å². The van der Waals surface area contributed by atoms with Gasteiger partial charge in [0, 0.05) is 17.1 Å². The number of anilines is 3. The summed E-state index contributed by atoms with van der Waals surface area (Å²) in [5.74, 6) is -3.00. The van der Waals surface area contributed by atoms with Crippen molar-refractivity contribution >= 4 is 44.9 Å². The van der Waals surface area contributed by atoms with E-state index in [4.69, 9.17) is 5.73 Å². The number of pyridine rings is 1. The van der Waals surface area contributed by atoms with Gasteiger partial charge in [-0.15, -0.1) is 0 Å². The van der Waals surface area contributed by atoms with Crippen molar-refractivity contribution in [2.45, 2.75) is 6.92 Å². The first-order valence-corrected chi connectivity index (χ1v) is 11.1. The van der Waals surface area contributed by atoms with Crippen LogP contribution in [0.1, 0.15) is 26.5 Å². The predicted octanol–water partition coefficient (Wildman–Crippen LogP) is 4.06. The van der Waals surface area contributed by atoms with Crippen molar-refractivity contribution in [3.05, 3.63) is 104 Å². The minimum absolute atomic E-state index is 0.0468. The van der Waals surface area contributed by atoms with Crippen LogP contribution >= 0.6 is 15.9 Å². The molecule has 4 N–H and O–H groups in total. The first-order valence-electron chi connectivity index (χ1n) is 10.3. The van der Waals surface area contributed by atoms with Gasteiger partial charge in [0.05, 0.1) is 11.9 Å². The Kier molecular flexibility index (Phi) is 6.88. The van der Waals surface area contributed by atoms with E-state index in [1.807, 2.05) is 0 Å². The molecule has 2 aromatic carbocycles. The quantitative estimate of drug-likeness (QED) is 0.340. The van der Waals surface area contributed by atoms with E-state index in [0.29, 0.717) is 11.4 Å². The number of carbonyl (C=O) groups is 2. The molecule has 4 rings (SSSR count). The van der Waals surface area contributed by atoms with Gasteiger partial charge in [0.25, 0.3) is 17.4 Å². The van der Waals surface area contributed by atoms with E-state index in [1.54, 1.807) is 13.0 Å². The Morgan fingerprint density at radius 1 is 1.00 bits per heavy atom. The minimum Gasteiger partial charge on any atom is -0.382 e. The molecule has 0 unspecified atom stereocenters. The van der Waals surface area contributed by atoms with Crippen molar-refractivity contribution in [1.82, 2.24) is 14.5 Å². The third kappa shape index (κ3) is 5.13. The molecule has 2 heterocycles. The van der Waals surface area contributed by atoms with E-state index < -0.39 is 29.0 Å². The zero-order valence-corrected chi connectivity index (χ0v) is 20.1. The lowest BCUT2D eigenvalue weighted by Gasteiger charge is -2.13. The average Bonchev–Trinajstić information content (AvgIpc) is 2.83. The zero-order valence-electron chi connectivity index (χ0n) is 18.6. The monoisotopic (exact) mass is 554 g/mol. The van der Waals surface area contributed by atoms with E-state index in [9.17, 15) is 23.2 Å². The molecule has 0 fully saturated rings. The smallest absolute Gasteiger partial charge is 0.278 e. The van der Waals surface area contributed by atoms with E-state index in [0.717, 1.165) is 6.07 Å². The number of benzene rings is 2. The number of nitrogens with one attached hydrogen (secondary N) is 2. The van der Waals surface area contributed by atoms with E-state index in [2.05, 4.69) is 36.5 Å². The molecule has 0 aliphatic carbocycles. The molecule has 36 heavy (non-hydrogen) atoms. The Morgan fingerprint density at radius 2 is 1.72 bits per heavy atom. The molecule has 0 saturated carbocycles. The van der Waals surface area contributed by atoms with Gasteiger partial charge in [0.15, 0.2) is 11.5 Å². The molecular formula is C24H17BrF2N6O3. The number of nitrogens with zero attached hydrogens (tertiary/aromatic N) is 3. The van der Waals surface area contributed by atoms with Crippen LogP contribution in [0.4, 0.5) is 26.0 Å². The topological polar surface area (TPSA) is 132 Å². The van der Waals surface area contributed by atoms with Gasteiger partial charge in [-0.2, -0.15) is 0 Å². The van der Waals surface area contributed by atoms with Crippen LogP contribution in [0.5, 0.6) is 0 Å². The van der Waals surface area contributed by atoms with Crippen molar-refractivity contribution < 1.29 is 18.4 Å². The number of amides is 2. The number of rotatable bonds is 5. The van der Waals surface area contributed by atoms with Crippen LogP contribution < -0.4 is 21.9 Å². The summed E-state index contributed by atoms with van der Waals surface area (Å²) in [6.07, 6.45) is 1.31. The van der Waals surface area contributed by atoms with Crippen molar-refractivity contribution in [3.63, 3.8) is 0 Å². The van der Waals surface area contributed by atoms with Crippen LogP contribution in [0.25, 0.3) is 5.69 Å². The second-order valence-corrected chi connectivity index (χ2v) is 8.35. The van der Waals surface area contributed by atoms with Crippen LogP contribution in [0.2, 0.25) is 0 Å². The van der Waals surface area contributed by atoms with Crippen LogP contribution in [0.15, 0.2) is 70.2 Å². The summed E-state index contributed by atoms with van der Waals surface area (Å²) in [4.78, 5) is 45.9. The maximum Gasteiger partial charge on any atom is 0.278 e. The molecule has 0 saturated heterocycles. The summed E-state index contributed by atoms with van der Waals surface area (Å²) in [5, 5.41) is 4.80. The molecule has 0 spiro atoms. The van der Waals surface area contributed by atoms with Gasteiger partial charge in [-0.05, 0) is 77.5 Å². The molecule has 182 valence electrons. The molecule has 2 aromatic heterocycles. The average molecular weight is 555 g/mol. The first kappa shape index (κ1) is 24.7. The molecule has 0 radical (unpaired) electrons. The summed E-state index contributed by atoms with van der Waals surface area (Å²) in [6, 6.07) is 11.7. The lowest BCUT2D eigenvalue weighted by atomic mass is 10.2. The highest BCUT2D eigenvalue weighted by molar-refractivity contribution is 9.10. The van der Waals surface area contributed by atoms with Gasteiger partial charge in [0.1, 0.15) is 21.8 Å². The van der Waals surface area contributed by atoms with Gasteiger partial charge in [-0.25, -0.2) is 18.7 Å². The number of nitrogen functional groups attached to an aromatic ring is 1. The zero-order chi connectivity index (χ0) is 26.0. The summed E-state index contributed by atoms with van der Waals surface area (Å²) < 4.78 is 29.5. The summed E-state index contributed by atoms with van der Waals surface area (Å²) in [6.45, 7) is 1.67. The molecular weight excluding hydrogens is 538 g/mol. The number of carbonyl (C=O) groups excluding carboxylic acids is 2. The number of nitrogens with two attached hydrogens (primary N) is 1. The third-order valence-electron chi connectivity index (χ3n) is 5.07. The third-order valence-corrected chi connectivity index (χ3v) is 5.45. The number of hydrogen-bond donors (Lipinski definition) is 3. The van der Waals surface area contributed by atoms with Crippen molar-refractivity contribution in [1.29, 1.82) is 0 Å². The fourth-order valence-corrected chi connectivity index (χ4v) is 3.61. The second-order valence-electron chi connectivity index (χ2n) is 7.53. The van der Waals surface area contributed by atoms with Crippen LogP contribution in [0.3, 0.4) is 0 Å². The Balaban J connectivity index is 1.55. The standard InChI is InChI=1S/C24H17BrF2N6O3/c1-12-2-8-16(24(36)33(12)15-6-3-13(26)4-7-15)22(34)30-14-5-9-18(17(27)10-14)31-23(35)20-21(28)29-11-19(25)32-20/h2-11H,1H3,(H2,28,29)(H,30,34)(H,31,35). The fraction of sp³-hybridized carbons (Fsp3) is 0.0417. The van der Waals surface area contributed by atoms with E-state index >= 15 is 0 Å². The summed E-state index contributed by atoms with van der Waals surface area (Å²) in [5.41, 5.74) is 5.40. The van der Waals surface area contributed by atoms with Crippen molar-refractivity contribution in [3.8, 4) is 5.69 Å². The van der Waals surface area contributed by atoms with E-state index in [1.165, 1.54) is 53.2 Å². The normalized spacial score (nSPS) is 10.7. The van der Waals surface area contributed by atoms with Gasteiger partial charge in [0.2, 0.25) is 0 Å². The Morgan fingerprint density at radius 3 is 2.42 bits per heavy atom. The van der Waals surface area contributed by atoms with Crippen molar-refractivity contribution in [2.75, 3.05) is 16.4 Å². The van der Waals surface area contributed by atoms with Crippen molar-refractivity contribution in [2.24, 2.45) is 0 Å². The van der Waals surface area contributed by atoms with E-state index in [-0.39, 0.29) is 33.1 Å². The second kappa shape index (κ2) is 10.0. The fourth-order valence-electron chi connectivity index (χ4n) is 3.33. The molecule has 4 aromatic rings. The lowest BCUT2D eigenvalue weighted by Crippen LogP contribution is -2.29. The van der Waals surface area contributed by atoms with Crippen LogP contribution in [-0.4, -0.2) is 26.3 Å². The maximum atomic E-state index is 14.7. The number of aryl methyl sites for hydroxylation is 1. The number of halogens is 3. The van der Waals surface area contributed by atoms with Gasteiger partial charge < -0.3 is 16.4 Å². The number of hydrogen-bond acceptors (Lipinski definition) is 6. The van der Waals surface area contributed by atoms with Gasteiger partial charge in [-0.1, -0.05) is 0 Å². The SMILES string of the molecule is Cc1ccc(C(=O)Nc2ccc(NC(=O)c3nc(Br)cnc3N)c(F)c2)c(=O)n1-c1ccc(F)cc1. The highest BCUT2D eigenvalue weighted by atomic mass is 79.9. The van der Waals surface area contributed by atoms with Crippen LogP contribution in [-0.2, 0) is 0 Å². The largest absolute Gasteiger partial charge is 0.382 e. The Bertz CT molecular complexity index is 1560. The highest BCUT2D eigenvalue weighted by Crippen LogP contribution is 2.21. The molecule has 9 nitrogen and oxygen atoms in total. The number of aromatic nitrogens is 3. The molecule has 2 amide bonds. The summed E-state index contributed by atoms with van der Waals surface area (Å²) >= 11 is 3.08. The Labute approximate surface area is 211 Å². The van der Waals surface area contributed by atoms with Crippen LogP contribution in [0, 0.1) is 18.6 Å². The molecule has 0 atom stereocenters. The first-order chi connectivity index (χ1) is 17.1. The molecule has 0 bridgehead atoms. The van der Waals surface area contributed by atoms with Gasteiger partial charge >= 0.3 is 0 Å². The highest BCUT2D eigenvalue weighted by Gasteiger charge is 2.18. The minimum atomic E-state index is -0.852. The predicted molar refractivity (Wildman–Crippen MR) is 133 cm³/mol. The molecule has 0 aliphatic rings. The lowest BCUT2D eigenvalue weighted by molar-refractivity contribution is 0.101. The Hall–Kier alpha value is -4.45.